The van der Waals surface area contributed by atoms with Crippen LogP contribution in [0.25, 0.3) is 0 Å². The summed E-state index contributed by atoms with van der Waals surface area (Å²) >= 11 is 0. The van der Waals surface area contributed by atoms with Gasteiger partial charge in [-0.25, -0.2) is 9.67 Å². The van der Waals surface area contributed by atoms with E-state index in [1.807, 2.05) is 37.4 Å². The quantitative estimate of drug-likeness (QED) is 0.650. The lowest BCUT2D eigenvalue weighted by molar-refractivity contribution is 0.369. The van der Waals surface area contributed by atoms with E-state index >= 15 is 0 Å². The highest BCUT2D eigenvalue weighted by molar-refractivity contribution is 5.92. The maximum atomic E-state index is 5.91. The number of methoxy groups -OCH3 is 1. The van der Waals surface area contributed by atoms with E-state index in [9.17, 15) is 0 Å². The number of nitrogens with one attached hydrogen (secondary N) is 1. The summed E-state index contributed by atoms with van der Waals surface area (Å²) in [5, 5.41) is 7.48. The second-order valence-electron chi connectivity index (χ2n) is 4.60. The molecule has 0 aliphatic carbocycles. The fraction of sp³-hybridized carbons (Fsp3) is 0.333. The van der Waals surface area contributed by atoms with Crippen LogP contribution >= 0.6 is 0 Å². The van der Waals surface area contributed by atoms with Crippen molar-refractivity contribution in [1.29, 1.82) is 0 Å². The van der Waals surface area contributed by atoms with E-state index in [1.54, 1.807) is 11.8 Å². The number of aliphatic imine (C=N–C) groups is 1. The largest absolute Gasteiger partial charge is 0.481 e. The van der Waals surface area contributed by atoms with Crippen LogP contribution in [0.4, 0.5) is 5.69 Å². The fourth-order valence-electron chi connectivity index (χ4n) is 2.18. The number of nitrogens with zero attached hydrogens (tertiary/aromatic N) is 3. The zero-order valence-corrected chi connectivity index (χ0v) is 12.6. The van der Waals surface area contributed by atoms with E-state index in [1.165, 1.54) is 0 Å². The van der Waals surface area contributed by atoms with Gasteiger partial charge in [0, 0.05) is 12.7 Å². The van der Waals surface area contributed by atoms with Crippen LogP contribution in [0.2, 0.25) is 0 Å². The summed E-state index contributed by atoms with van der Waals surface area (Å²) in [5.74, 6) is 1.09. The Morgan fingerprint density at radius 2 is 2.10 bits per heavy atom. The molecular weight excluding hydrogens is 266 g/mol. The molecule has 0 unspecified atom stereocenters. The standard InChI is InChI=1S/C15H21N5O/c1-4-13-12(14(21-3)20(2)19-13)10-17-15(16)18-11-8-6-5-7-9-11/h5-9H,4,10H2,1-3H3,(H3,16,17,18). The van der Waals surface area contributed by atoms with Gasteiger partial charge in [-0.2, -0.15) is 5.10 Å². The van der Waals surface area contributed by atoms with Crippen molar-refractivity contribution in [2.45, 2.75) is 19.9 Å². The molecule has 0 fully saturated rings. The van der Waals surface area contributed by atoms with Gasteiger partial charge in [-0.1, -0.05) is 25.1 Å². The van der Waals surface area contributed by atoms with Gasteiger partial charge >= 0.3 is 0 Å². The summed E-state index contributed by atoms with van der Waals surface area (Å²) < 4.78 is 7.11. The van der Waals surface area contributed by atoms with Crippen LogP contribution in [0, 0.1) is 0 Å². The molecule has 3 N–H and O–H groups in total. The topological polar surface area (TPSA) is 77.5 Å². The molecule has 2 rings (SSSR count). The van der Waals surface area contributed by atoms with Crippen LogP contribution in [0.15, 0.2) is 35.3 Å². The van der Waals surface area contributed by atoms with Gasteiger partial charge in [0.05, 0.1) is 24.9 Å². The first-order valence-electron chi connectivity index (χ1n) is 6.86. The molecule has 0 atom stereocenters. The second-order valence-corrected chi connectivity index (χ2v) is 4.60. The number of guanidine groups is 1. The van der Waals surface area contributed by atoms with Gasteiger partial charge in [0.25, 0.3) is 0 Å². The lowest BCUT2D eigenvalue weighted by Gasteiger charge is -2.06. The van der Waals surface area contributed by atoms with Crippen molar-refractivity contribution < 1.29 is 4.74 Å². The maximum Gasteiger partial charge on any atom is 0.216 e. The molecule has 1 heterocycles. The Bertz CT molecular complexity index is 618. The monoisotopic (exact) mass is 287 g/mol. The van der Waals surface area contributed by atoms with E-state index in [4.69, 9.17) is 10.5 Å². The average molecular weight is 287 g/mol. The molecule has 6 nitrogen and oxygen atoms in total. The minimum Gasteiger partial charge on any atom is -0.481 e. The molecule has 0 aliphatic rings. The highest BCUT2D eigenvalue weighted by atomic mass is 16.5. The number of aromatic nitrogens is 2. The molecule has 21 heavy (non-hydrogen) atoms. The first-order chi connectivity index (χ1) is 10.2. The van der Waals surface area contributed by atoms with Crippen molar-refractivity contribution in [2.24, 2.45) is 17.8 Å². The minimum atomic E-state index is 0.370. The van der Waals surface area contributed by atoms with Gasteiger partial charge in [0.1, 0.15) is 0 Å². The molecule has 0 amide bonds. The third-order valence-electron chi connectivity index (χ3n) is 3.15. The smallest absolute Gasteiger partial charge is 0.216 e. The van der Waals surface area contributed by atoms with Gasteiger partial charge in [-0.15, -0.1) is 0 Å². The Labute approximate surface area is 124 Å². The van der Waals surface area contributed by atoms with Crippen molar-refractivity contribution in [1.82, 2.24) is 9.78 Å². The van der Waals surface area contributed by atoms with E-state index < -0.39 is 0 Å². The summed E-state index contributed by atoms with van der Waals surface area (Å²) in [7, 11) is 3.49. The zero-order chi connectivity index (χ0) is 15.2. The Kier molecular flexibility index (Phi) is 4.81. The van der Waals surface area contributed by atoms with Crippen LogP contribution in [0.1, 0.15) is 18.2 Å². The molecule has 6 heteroatoms. The summed E-state index contributed by atoms with van der Waals surface area (Å²) in [6.45, 7) is 2.49. The van der Waals surface area contributed by atoms with Crippen LogP contribution in [0.3, 0.4) is 0 Å². The van der Waals surface area contributed by atoms with Crippen molar-refractivity contribution in [3.63, 3.8) is 0 Å². The third-order valence-corrected chi connectivity index (χ3v) is 3.15. The Hall–Kier alpha value is -2.50. The Balaban J connectivity index is 2.13. The van der Waals surface area contributed by atoms with Gasteiger partial charge < -0.3 is 15.8 Å². The molecule has 0 radical (unpaired) electrons. The van der Waals surface area contributed by atoms with Gasteiger partial charge in [-0.3, -0.25) is 0 Å². The molecule has 1 aromatic carbocycles. The normalized spacial score (nSPS) is 11.5. The number of para-hydroxylation sites is 1. The summed E-state index contributed by atoms with van der Waals surface area (Å²) in [6, 6.07) is 9.70. The van der Waals surface area contributed by atoms with Crippen molar-refractivity contribution >= 4 is 11.6 Å². The number of hydrogen-bond donors (Lipinski definition) is 2. The Morgan fingerprint density at radius 1 is 1.38 bits per heavy atom. The van der Waals surface area contributed by atoms with E-state index in [0.717, 1.165) is 29.2 Å². The van der Waals surface area contributed by atoms with Gasteiger partial charge in [0.15, 0.2) is 5.96 Å². The minimum absolute atomic E-state index is 0.370. The summed E-state index contributed by atoms with van der Waals surface area (Å²) in [4.78, 5) is 4.37. The van der Waals surface area contributed by atoms with Crippen LogP contribution < -0.4 is 15.8 Å². The fourth-order valence-corrected chi connectivity index (χ4v) is 2.18. The number of anilines is 1. The lowest BCUT2D eigenvalue weighted by Crippen LogP contribution is -2.22. The predicted octanol–water partition coefficient (Wildman–Crippen LogP) is 1.92. The molecular formula is C15H21N5O. The molecule has 0 aliphatic heterocycles. The highest BCUT2D eigenvalue weighted by Crippen LogP contribution is 2.22. The number of benzene rings is 1. The molecule has 0 bridgehead atoms. The molecule has 0 saturated heterocycles. The number of aryl methyl sites for hydroxylation is 2. The maximum absolute atomic E-state index is 5.91. The van der Waals surface area contributed by atoms with E-state index in [2.05, 4.69) is 22.3 Å². The first kappa shape index (κ1) is 14.9. The van der Waals surface area contributed by atoms with Crippen LogP contribution in [-0.2, 0) is 20.0 Å². The number of hydrogen-bond acceptors (Lipinski definition) is 3. The van der Waals surface area contributed by atoms with Crippen molar-refractivity contribution in [2.75, 3.05) is 12.4 Å². The Morgan fingerprint density at radius 3 is 2.71 bits per heavy atom. The van der Waals surface area contributed by atoms with Gasteiger partial charge in [0.2, 0.25) is 5.88 Å². The molecule has 112 valence electrons. The third kappa shape index (κ3) is 3.53. The predicted molar refractivity (Wildman–Crippen MR) is 84.5 cm³/mol. The number of ether oxygens (including phenoxy) is 1. The average Bonchev–Trinajstić information content (AvgIpc) is 2.81. The molecule has 0 spiro atoms. The SMILES string of the molecule is CCc1nn(C)c(OC)c1CN=C(N)Nc1ccccc1. The van der Waals surface area contributed by atoms with Crippen LogP contribution in [0.5, 0.6) is 5.88 Å². The summed E-state index contributed by atoms with van der Waals surface area (Å²) in [6.07, 6.45) is 0.827. The lowest BCUT2D eigenvalue weighted by atomic mass is 10.2. The van der Waals surface area contributed by atoms with Crippen molar-refractivity contribution in [3.8, 4) is 5.88 Å². The van der Waals surface area contributed by atoms with Crippen molar-refractivity contribution in [3.05, 3.63) is 41.6 Å². The molecule has 2 aromatic rings. The zero-order valence-electron chi connectivity index (χ0n) is 12.6. The van der Waals surface area contributed by atoms with E-state index in [-0.39, 0.29) is 0 Å². The van der Waals surface area contributed by atoms with E-state index in [0.29, 0.717) is 12.5 Å². The van der Waals surface area contributed by atoms with Crippen LogP contribution in [-0.4, -0.2) is 22.8 Å². The second kappa shape index (κ2) is 6.78. The first-order valence-corrected chi connectivity index (χ1v) is 6.86. The number of nitrogens with two attached hydrogens (primary N) is 1. The summed E-state index contributed by atoms with van der Waals surface area (Å²) in [5.41, 5.74) is 8.77. The van der Waals surface area contributed by atoms with Gasteiger partial charge in [-0.05, 0) is 18.6 Å². The molecule has 0 saturated carbocycles. The molecule has 1 aromatic heterocycles. The number of rotatable bonds is 5. The highest BCUT2D eigenvalue weighted by Gasteiger charge is 2.15.